The first kappa shape index (κ1) is 15.7. The standard InChI is InChI=1S/C16H28N2O/c1-11(2)7-13(5)18(6)15-8-14(17)9-16(10-15)19-12(3)4/h8-13H,7,17H2,1-6H3. The molecule has 0 spiro atoms. The molecule has 0 aliphatic carbocycles. The van der Waals surface area contributed by atoms with Crippen LogP contribution in [0.3, 0.4) is 0 Å². The van der Waals surface area contributed by atoms with Crippen molar-refractivity contribution in [1.82, 2.24) is 0 Å². The van der Waals surface area contributed by atoms with Gasteiger partial charge in [0.25, 0.3) is 0 Å². The molecule has 108 valence electrons. The van der Waals surface area contributed by atoms with E-state index in [0.717, 1.165) is 23.5 Å². The second-order valence-electron chi connectivity index (χ2n) is 6.02. The summed E-state index contributed by atoms with van der Waals surface area (Å²) in [5.41, 5.74) is 7.83. The highest BCUT2D eigenvalue weighted by molar-refractivity contribution is 5.60. The minimum absolute atomic E-state index is 0.160. The molecule has 0 saturated carbocycles. The van der Waals surface area contributed by atoms with Gasteiger partial charge in [-0.05, 0) is 39.2 Å². The van der Waals surface area contributed by atoms with Crippen molar-refractivity contribution in [1.29, 1.82) is 0 Å². The molecule has 1 aromatic carbocycles. The molecule has 0 heterocycles. The van der Waals surface area contributed by atoms with Gasteiger partial charge in [-0.25, -0.2) is 0 Å². The zero-order valence-corrected chi connectivity index (χ0v) is 13.1. The van der Waals surface area contributed by atoms with Crippen LogP contribution in [0.15, 0.2) is 18.2 Å². The topological polar surface area (TPSA) is 38.5 Å². The Kier molecular flexibility index (Phi) is 5.52. The van der Waals surface area contributed by atoms with Crippen molar-refractivity contribution in [2.45, 2.75) is 53.2 Å². The van der Waals surface area contributed by atoms with Crippen LogP contribution in [0.5, 0.6) is 5.75 Å². The van der Waals surface area contributed by atoms with Crippen LogP contribution in [0.2, 0.25) is 0 Å². The van der Waals surface area contributed by atoms with Crippen LogP contribution in [0.25, 0.3) is 0 Å². The van der Waals surface area contributed by atoms with E-state index in [1.165, 1.54) is 0 Å². The van der Waals surface area contributed by atoms with Crippen LogP contribution < -0.4 is 15.4 Å². The fourth-order valence-corrected chi connectivity index (χ4v) is 2.24. The number of benzene rings is 1. The summed E-state index contributed by atoms with van der Waals surface area (Å²) in [4.78, 5) is 2.27. The van der Waals surface area contributed by atoms with Crippen molar-refractivity contribution in [3.05, 3.63) is 18.2 Å². The summed E-state index contributed by atoms with van der Waals surface area (Å²) < 4.78 is 5.74. The highest BCUT2D eigenvalue weighted by atomic mass is 16.5. The largest absolute Gasteiger partial charge is 0.491 e. The Bertz CT molecular complexity index is 402. The third-order valence-corrected chi connectivity index (χ3v) is 3.17. The SMILES string of the molecule is CC(C)CC(C)N(C)c1cc(N)cc(OC(C)C)c1. The number of ether oxygens (including phenoxy) is 1. The number of rotatable bonds is 6. The van der Waals surface area contributed by atoms with Crippen LogP contribution in [-0.2, 0) is 0 Å². The van der Waals surface area contributed by atoms with E-state index in [-0.39, 0.29) is 6.10 Å². The summed E-state index contributed by atoms with van der Waals surface area (Å²) >= 11 is 0. The lowest BCUT2D eigenvalue weighted by molar-refractivity contribution is 0.242. The zero-order chi connectivity index (χ0) is 14.6. The molecule has 1 unspecified atom stereocenters. The van der Waals surface area contributed by atoms with E-state index >= 15 is 0 Å². The van der Waals surface area contributed by atoms with Crippen LogP contribution in [0, 0.1) is 5.92 Å². The normalized spacial score (nSPS) is 12.8. The minimum Gasteiger partial charge on any atom is -0.491 e. The fourth-order valence-electron chi connectivity index (χ4n) is 2.24. The first-order chi connectivity index (χ1) is 8.79. The predicted molar refractivity (Wildman–Crippen MR) is 83.9 cm³/mol. The third-order valence-electron chi connectivity index (χ3n) is 3.17. The summed E-state index contributed by atoms with van der Waals surface area (Å²) in [5.74, 6) is 1.53. The second kappa shape index (κ2) is 6.69. The van der Waals surface area contributed by atoms with Gasteiger partial charge in [0.2, 0.25) is 0 Å². The van der Waals surface area contributed by atoms with Gasteiger partial charge in [-0.3, -0.25) is 0 Å². The molecule has 19 heavy (non-hydrogen) atoms. The highest BCUT2D eigenvalue weighted by Crippen LogP contribution is 2.27. The Morgan fingerprint density at radius 3 is 2.26 bits per heavy atom. The zero-order valence-electron chi connectivity index (χ0n) is 13.1. The lowest BCUT2D eigenvalue weighted by atomic mass is 10.0. The monoisotopic (exact) mass is 264 g/mol. The van der Waals surface area contributed by atoms with Gasteiger partial charge in [-0.2, -0.15) is 0 Å². The number of hydrogen-bond acceptors (Lipinski definition) is 3. The number of nitrogens with two attached hydrogens (primary N) is 1. The average molecular weight is 264 g/mol. The Balaban J connectivity index is 2.89. The molecular formula is C16H28N2O. The van der Waals surface area contributed by atoms with Crippen molar-refractivity contribution in [2.24, 2.45) is 5.92 Å². The molecule has 0 fully saturated rings. The van der Waals surface area contributed by atoms with Crippen molar-refractivity contribution in [3.8, 4) is 5.75 Å². The van der Waals surface area contributed by atoms with Crippen molar-refractivity contribution in [2.75, 3.05) is 17.7 Å². The van der Waals surface area contributed by atoms with Gasteiger partial charge in [0.15, 0.2) is 0 Å². The molecule has 0 aliphatic rings. The lowest BCUT2D eigenvalue weighted by Crippen LogP contribution is -2.30. The summed E-state index contributed by atoms with van der Waals surface area (Å²) in [5, 5.41) is 0. The first-order valence-electron chi connectivity index (χ1n) is 7.09. The maximum Gasteiger partial charge on any atom is 0.123 e. The van der Waals surface area contributed by atoms with Gasteiger partial charge in [0, 0.05) is 36.6 Å². The highest BCUT2D eigenvalue weighted by Gasteiger charge is 2.13. The average Bonchev–Trinajstić information content (AvgIpc) is 2.25. The van der Waals surface area contributed by atoms with Crippen molar-refractivity contribution < 1.29 is 4.74 Å². The molecule has 1 aromatic rings. The summed E-state index contributed by atoms with van der Waals surface area (Å²) in [6, 6.07) is 6.43. The first-order valence-corrected chi connectivity index (χ1v) is 7.09. The van der Waals surface area contributed by atoms with Crippen LogP contribution in [0.4, 0.5) is 11.4 Å². The van der Waals surface area contributed by atoms with E-state index in [9.17, 15) is 0 Å². The van der Waals surface area contributed by atoms with E-state index in [2.05, 4.69) is 38.8 Å². The third kappa shape index (κ3) is 5.01. The molecule has 2 N–H and O–H groups in total. The molecule has 1 atom stereocenters. The smallest absolute Gasteiger partial charge is 0.123 e. The molecule has 0 aliphatic heterocycles. The molecule has 0 aromatic heterocycles. The summed E-state index contributed by atoms with van der Waals surface area (Å²) in [6.45, 7) is 10.8. The molecule has 3 heteroatoms. The Morgan fingerprint density at radius 2 is 1.74 bits per heavy atom. The van der Waals surface area contributed by atoms with E-state index in [1.807, 2.05) is 26.0 Å². The maximum absolute atomic E-state index is 5.97. The number of hydrogen-bond donors (Lipinski definition) is 1. The number of anilines is 2. The Labute approximate surface area is 117 Å². The lowest BCUT2D eigenvalue weighted by Gasteiger charge is -2.29. The van der Waals surface area contributed by atoms with Crippen molar-refractivity contribution >= 4 is 11.4 Å². The fraction of sp³-hybridized carbons (Fsp3) is 0.625. The van der Waals surface area contributed by atoms with Crippen molar-refractivity contribution in [3.63, 3.8) is 0 Å². The quantitative estimate of drug-likeness (QED) is 0.791. The molecular weight excluding hydrogens is 236 g/mol. The van der Waals surface area contributed by atoms with Crippen LogP contribution in [-0.4, -0.2) is 19.2 Å². The molecule has 0 amide bonds. The molecule has 3 nitrogen and oxygen atoms in total. The van der Waals surface area contributed by atoms with E-state index in [4.69, 9.17) is 10.5 Å². The molecule has 0 bridgehead atoms. The van der Waals surface area contributed by atoms with Gasteiger partial charge < -0.3 is 15.4 Å². The number of nitrogens with zero attached hydrogens (tertiary/aromatic N) is 1. The van der Waals surface area contributed by atoms with Gasteiger partial charge in [0.1, 0.15) is 5.75 Å². The summed E-state index contributed by atoms with van der Waals surface area (Å²) in [6.07, 6.45) is 1.32. The number of nitrogen functional groups attached to an aromatic ring is 1. The van der Waals surface area contributed by atoms with Gasteiger partial charge >= 0.3 is 0 Å². The predicted octanol–water partition coefficient (Wildman–Crippen LogP) is 3.93. The van der Waals surface area contributed by atoms with Crippen LogP contribution >= 0.6 is 0 Å². The van der Waals surface area contributed by atoms with Gasteiger partial charge in [-0.1, -0.05) is 13.8 Å². The van der Waals surface area contributed by atoms with E-state index in [1.54, 1.807) is 0 Å². The Morgan fingerprint density at radius 1 is 1.11 bits per heavy atom. The molecule has 0 saturated heterocycles. The second-order valence-corrected chi connectivity index (χ2v) is 6.02. The van der Waals surface area contributed by atoms with Crippen LogP contribution in [0.1, 0.15) is 41.0 Å². The van der Waals surface area contributed by atoms with E-state index in [0.29, 0.717) is 12.0 Å². The Hall–Kier alpha value is -1.38. The van der Waals surface area contributed by atoms with E-state index < -0.39 is 0 Å². The minimum atomic E-state index is 0.160. The summed E-state index contributed by atoms with van der Waals surface area (Å²) in [7, 11) is 2.11. The molecule has 1 rings (SSSR count). The van der Waals surface area contributed by atoms with Gasteiger partial charge in [0.05, 0.1) is 6.10 Å². The molecule has 0 radical (unpaired) electrons. The maximum atomic E-state index is 5.97. The van der Waals surface area contributed by atoms with Gasteiger partial charge in [-0.15, -0.1) is 0 Å².